The van der Waals surface area contributed by atoms with Crippen LogP contribution >= 0.6 is 0 Å². The SMILES string of the molecule is CC1(C)C(CO)CCCN1c1ccc(F)cc1. The first kappa shape index (κ1) is 12.4. The molecule has 0 bridgehead atoms. The maximum atomic E-state index is 12.9. The molecule has 1 aliphatic rings. The molecule has 1 heterocycles. The molecule has 1 aromatic rings. The van der Waals surface area contributed by atoms with E-state index in [9.17, 15) is 9.50 Å². The largest absolute Gasteiger partial charge is 0.396 e. The topological polar surface area (TPSA) is 23.5 Å². The molecular weight excluding hydrogens is 217 g/mol. The van der Waals surface area contributed by atoms with Gasteiger partial charge < -0.3 is 10.0 Å². The second-order valence-corrected chi connectivity index (χ2v) is 5.30. The van der Waals surface area contributed by atoms with Crippen LogP contribution in [0.5, 0.6) is 0 Å². The number of aliphatic hydroxyl groups is 1. The highest BCUT2D eigenvalue weighted by atomic mass is 19.1. The molecule has 0 spiro atoms. The molecule has 1 saturated heterocycles. The Labute approximate surface area is 102 Å². The molecule has 0 aromatic heterocycles. The van der Waals surface area contributed by atoms with Crippen LogP contribution in [0.3, 0.4) is 0 Å². The smallest absolute Gasteiger partial charge is 0.123 e. The van der Waals surface area contributed by atoms with E-state index in [1.807, 2.05) is 12.1 Å². The van der Waals surface area contributed by atoms with Crippen LogP contribution in [0.1, 0.15) is 26.7 Å². The van der Waals surface area contributed by atoms with Crippen molar-refractivity contribution in [2.24, 2.45) is 5.92 Å². The Morgan fingerprint density at radius 3 is 2.59 bits per heavy atom. The van der Waals surface area contributed by atoms with E-state index in [0.29, 0.717) is 0 Å². The van der Waals surface area contributed by atoms with E-state index < -0.39 is 0 Å². The number of nitrogens with zero attached hydrogens (tertiary/aromatic N) is 1. The van der Waals surface area contributed by atoms with E-state index in [2.05, 4.69) is 18.7 Å². The zero-order chi connectivity index (χ0) is 12.5. The maximum Gasteiger partial charge on any atom is 0.123 e. The van der Waals surface area contributed by atoms with Gasteiger partial charge in [-0.2, -0.15) is 0 Å². The van der Waals surface area contributed by atoms with E-state index >= 15 is 0 Å². The van der Waals surface area contributed by atoms with Gasteiger partial charge in [-0.1, -0.05) is 0 Å². The van der Waals surface area contributed by atoms with Crippen LogP contribution in [0.25, 0.3) is 0 Å². The van der Waals surface area contributed by atoms with Gasteiger partial charge in [0.1, 0.15) is 5.82 Å². The Morgan fingerprint density at radius 2 is 2.00 bits per heavy atom. The van der Waals surface area contributed by atoms with Crippen LogP contribution in [0.15, 0.2) is 24.3 Å². The average molecular weight is 237 g/mol. The Kier molecular flexibility index (Phi) is 3.38. The molecule has 0 radical (unpaired) electrons. The third kappa shape index (κ3) is 2.29. The average Bonchev–Trinajstić information content (AvgIpc) is 2.30. The number of aliphatic hydroxyl groups excluding tert-OH is 1. The van der Waals surface area contributed by atoms with Crippen molar-refractivity contribution in [1.29, 1.82) is 0 Å². The van der Waals surface area contributed by atoms with Gasteiger partial charge in [0.25, 0.3) is 0 Å². The summed E-state index contributed by atoms with van der Waals surface area (Å²) in [6.07, 6.45) is 2.13. The van der Waals surface area contributed by atoms with Crippen molar-refractivity contribution in [3.8, 4) is 0 Å². The van der Waals surface area contributed by atoms with Gasteiger partial charge in [-0.15, -0.1) is 0 Å². The van der Waals surface area contributed by atoms with E-state index in [0.717, 1.165) is 25.1 Å². The highest BCUT2D eigenvalue weighted by Crippen LogP contribution is 2.36. The third-order valence-electron chi connectivity index (χ3n) is 3.99. The van der Waals surface area contributed by atoms with E-state index in [1.165, 1.54) is 12.1 Å². The lowest BCUT2D eigenvalue weighted by atomic mass is 9.79. The molecule has 1 unspecified atom stereocenters. The number of hydrogen-bond acceptors (Lipinski definition) is 2. The number of piperidine rings is 1. The first-order valence-corrected chi connectivity index (χ1v) is 6.20. The molecule has 1 aromatic carbocycles. The molecule has 0 saturated carbocycles. The zero-order valence-electron chi connectivity index (χ0n) is 10.5. The summed E-state index contributed by atoms with van der Waals surface area (Å²) < 4.78 is 12.9. The molecule has 94 valence electrons. The van der Waals surface area contributed by atoms with Crippen LogP contribution in [-0.2, 0) is 0 Å². The summed E-state index contributed by atoms with van der Waals surface area (Å²) in [6.45, 7) is 5.48. The molecule has 2 nitrogen and oxygen atoms in total. The van der Waals surface area contributed by atoms with Gasteiger partial charge in [0.15, 0.2) is 0 Å². The van der Waals surface area contributed by atoms with Crippen molar-refractivity contribution >= 4 is 5.69 Å². The number of halogens is 1. The number of anilines is 1. The second kappa shape index (κ2) is 4.65. The Balaban J connectivity index is 2.27. The predicted molar refractivity (Wildman–Crippen MR) is 67.6 cm³/mol. The maximum absolute atomic E-state index is 12.9. The molecule has 3 heteroatoms. The van der Waals surface area contributed by atoms with E-state index in [1.54, 1.807) is 0 Å². The van der Waals surface area contributed by atoms with Crippen LogP contribution in [0, 0.1) is 11.7 Å². The Bertz CT molecular complexity index is 374. The van der Waals surface area contributed by atoms with Crippen LogP contribution < -0.4 is 4.90 Å². The standard InChI is InChI=1S/C14H20FNO/c1-14(2)11(10-17)4-3-9-16(14)13-7-5-12(15)6-8-13/h5-8,11,17H,3-4,9-10H2,1-2H3. The summed E-state index contributed by atoms with van der Waals surface area (Å²) in [5.41, 5.74) is 0.958. The van der Waals surface area contributed by atoms with Crippen LogP contribution in [-0.4, -0.2) is 23.8 Å². The summed E-state index contributed by atoms with van der Waals surface area (Å²) in [7, 11) is 0. The van der Waals surface area contributed by atoms with Gasteiger partial charge in [-0.05, 0) is 51.0 Å². The van der Waals surface area contributed by atoms with Crippen molar-refractivity contribution < 1.29 is 9.50 Å². The van der Waals surface area contributed by atoms with E-state index in [-0.39, 0.29) is 23.9 Å². The lowest BCUT2D eigenvalue weighted by molar-refractivity contribution is 0.136. The first-order chi connectivity index (χ1) is 8.05. The Hall–Kier alpha value is -1.09. The van der Waals surface area contributed by atoms with Crippen molar-refractivity contribution in [3.05, 3.63) is 30.1 Å². The van der Waals surface area contributed by atoms with Crippen LogP contribution in [0.2, 0.25) is 0 Å². The summed E-state index contributed by atoms with van der Waals surface area (Å²) in [4.78, 5) is 2.27. The highest BCUT2D eigenvalue weighted by Gasteiger charge is 2.38. The third-order valence-corrected chi connectivity index (χ3v) is 3.99. The molecule has 1 atom stereocenters. The highest BCUT2D eigenvalue weighted by molar-refractivity contribution is 5.49. The monoisotopic (exact) mass is 237 g/mol. The number of hydrogen-bond donors (Lipinski definition) is 1. The molecule has 1 N–H and O–H groups in total. The normalized spacial score (nSPS) is 23.8. The fourth-order valence-electron chi connectivity index (χ4n) is 2.76. The van der Waals surface area contributed by atoms with Gasteiger partial charge in [0.05, 0.1) is 0 Å². The number of benzene rings is 1. The predicted octanol–water partition coefficient (Wildman–Crippen LogP) is 2.81. The summed E-state index contributed by atoms with van der Waals surface area (Å²) >= 11 is 0. The minimum absolute atomic E-state index is 0.0785. The van der Waals surface area contributed by atoms with Crippen molar-refractivity contribution in [3.63, 3.8) is 0 Å². The van der Waals surface area contributed by atoms with Gasteiger partial charge in [0.2, 0.25) is 0 Å². The van der Waals surface area contributed by atoms with Gasteiger partial charge in [-0.25, -0.2) is 4.39 Å². The fourth-order valence-corrected chi connectivity index (χ4v) is 2.76. The fraction of sp³-hybridized carbons (Fsp3) is 0.571. The van der Waals surface area contributed by atoms with Gasteiger partial charge in [-0.3, -0.25) is 0 Å². The molecule has 0 aliphatic carbocycles. The minimum Gasteiger partial charge on any atom is -0.396 e. The lowest BCUT2D eigenvalue weighted by Crippen LogP contribution is -2.54. The van der Waals surface area contributed by atoms with Gasteiger partial charge >= 0.3 is 0 Å². The van der Waals surface area contributed by atoms with Crippen molar-refractivity contribution in [2.45, 2.75) is 32.2 Å². The summed E-state index contributed by atoms with van der Waals surface area (Å²) in [6, 6.07) is 6.62. The summed E-state index contributed by atoms with van der Waals surface area (Å²) in [5.74, 6) is 0.0728. The molecular formula is C14H20FNO. The zero-order valence-corrected chi connectivity index (χ0v) is 10.5. The molecule has 2 rings (SSSR count). The van der Waals surface area contributed by atoms with E-state index in [4.69, 9.17) is 0 Å². The summed E-state index contributed by atoms with van der Waals surface area (Å²) in [5, 5.41) is 9.45. The molecule has 1 fully saturated rings. The first-order valence-electron chi connectivity index (χ1n) is 6.20. The van der Waals surface area contributed by atoms with Crippen molar-refractivity contribution in [2.75, 3.05) is 18.1 Å². The molecule has 17 heavy (non-hydrogen) atoms. The molecule has 1 aliphatic heterocycles. The lowest BCUT2D eigenvalue weighted by Gasteiger charge is -2.49. The molecule has 0 amide bonds. The second-order valence-electron chi connectivity index (χ2n) is 5.30. The number of rotatable bonds is 2. The van der Waals surface area contributed by atoms with Gasteiger partial charge in [0, 0.05) is 30.3 Å². The van der Waals surface area contributed by atoms with Crippen molar-refractivity contribution in [1.82, 2.24) is 0 Å². The Morgan fingerprint density at radius 1 is 1.35 bits per heavy atom. The quantitative estimate of drug-likeness (QED) is 0.855. The minimum atomic E-state index is -0.206. The van der Waals surface area contributed by atoms with Crippen LogP contribution in [0.4, 0.5) is 10.1 Å².